The smallest absolute Gasteiger partial charge is 0.259 e. The Kier molecular flexibility index (Phi) is 4.84. The van der Waals surface area contributed by atoms with Gasteiger partial charge in [-0.2, -0.15) is 5.10 Å². The zero-order valence-electron chi connectivity index (χ0n) is 15.2. The summed E-state index contributed by atoms with van der Waals surface area (Å²) in [5.74, 6) is 1.80. The third-order valence-corrected chi connectivity index (χ3v) is 4.19. The second-order valence-corrected chi connectivity index (χ2v) is 6.14. The predicted octanol–water partition coefficient (Wildman–Crippen LogP) is 4.62. The van der Waals surface area contributed by atoms with Gasteiger partial charge < -0.3 is 10.1 Å². The minimum atomic E-state index is -0.239. The number of benzene rings is 2. The molecular formula is C22H18N4O2. The van der Waals surface area contributed by atoms with Crippen molar-refractivity contribution in [2.24, 2.45) is 0 Å². The molecule has 1 amide bonds. The Morgan fingerprint density at radius 2 is 1.75 bits per heavy atom. The van der Waals surface area contributed by atoms with Crippen molar-refractivity contribution >= 4 is 11.6 Å². The van der Waals surface area contributed by atoms with Gasteiger partial charge in [-0.3, -0.25) is 4.79 Å². The SMILES string of the molecule is Cc1c(C(=O)Nc2cccc(Oc3ccccc3)c2)cnn1-c1ccccn1. The Morgan fingerprint density at radius 1 is 0.964 bits per heavy atom. The van der Waals surface area contributed by atoms with Crippen LogP contribution in [0.2, 0.25) is 0 Å². The third-order valence-electron chi connectivity index (χ3n) is 4.19. The lowest BCUT2D eigenvalue weighted by Gasteiger charge is -2.09. The summed E-state index contributed by atoms with van der Waals surface area (Å²) >= 11 is 0. The van der Waals surface area contributed by atoms with E-state index in [1.807, 2.05) is 73.7 Å². The molecule has 0 saturated carbocycles. The van der Waals surface area contributed by atoms with Gasteiger partial charge in [0.1, 0.15) is 11.5 Å². The van der Waals surface area contributed by atoms with Crippen LogP contribution in [0, 0.1) is 6.92 Å². The van der Waals surface area contributed by atoms with Gasteiger partial charge in [0, 0.05) is 18.0 Å². The molecule has 0 aliphatic heterocycles. The number of nitrogens with zero attached hydrogens (tertiary/aromatic N) is 3. The fraction of sp³-hybridized carbons (Fsp3) is 0.0455. The molecule has 0 fully saturated rings. The van der Waals surface area contributed by atoms with E-state index in [2.05, 4.69) is 15.4 Å². The quantitative estimate of drug-likeness (QED) is 0.556. The van der Waals surface area contributed by atoms with E-state index < -0.39 is 0 Å². The van der Waals surface area contributed by atoms with Gasteiger partial charge in [0.05, 0.1) is 17.5 Å². The topological polar surface area (TPSA) is 69.0 Å². The second kappa shape index (κ2) is 7.75. The van der Waals surface area contributed by atoms with Crippen LogP contribution in [0.5, 0.6) is 11.5 Å². The van der Waals surface area contributed by atoms with Crippen molar-refractivity contribution in [2.75, 3.05) is 5.32 Å². The maximum atomic E-state index is 12.7. The monoisotopic (exact) mass is 370 g/mol. The van der Waals surface area contributed by atoms with Crippen LogP contribution in [0.15, 0.2) is 85.2 Å². The minimum Gasteiger partial charge on any atom is -0.457 e. The highest BCUT2D eigenvalue weighted by Gasteiger charge is 2.16. The summed E-state index contributed by atoms with van der Waals surface area (Å²) in [5, 5.41) is 7.19. The van der Waals surface area contributed by atoms with E-state index in [0.717, 1.165) is 5.75 Å². The van der Waals surface area contributed by atoms with Crippen LogP contribution in [0.1, 0.15) is 16.1 Å². The molecule has 28 heavy (non-hydrogen) atoms. The van der Waals surface area contributed by atoms with Gasteiger partial charge in [0.2, 0.25) is 0 Å². The maximum Gasteiger partial charge on any atom is 0.259 e. The first kappa shape index (κ1) is 17.5. The Balaban J connectivity index is 1.51. The standard InChI is InChI=1S/C22H18N4O2/c1-16-20(15-24-26(16)21-12-5-6-13-23-21)22(27)25-17-8-7-11-19(14-17)28-18-9-3-2-4-10-18/h2-15H,1H3,(H,25,27). The number of hydrogen-bond acceptors (Lipinski definition) is 4. The summed E-state index contributed by atoms with van der Waals surface area (Å²) in [4.78, 5) is 17.0. The molecule has 0 unspecified atom stereocenters. The highest BCUT2D eigenvalue weighted by Crippen LogP contribution is 2.24. The molecule has 4 aromatic rings. The van der Waals surface area contributed by atoms with E-state index in [0.29, 0.717) is 28.5 Å². The zero-order valence-corrected chi connectivity index (χ0v) is 15.2. The molecule has 0 atom stereocenters. The van der Waals surface area contributed by atoms with Crippen LogP contribution < -0.4 is 10.1 Å². The molecule has 2 aromatic heterocycles. The normalized spacial score (nSPS) is 10.5. The molecule has 0 aliphatic carbocycles. The second-order valence-electron chi connectivity index (χ2n) is 6.14. The van der Waals surface area contributed by atoms with Gasteiger partial charge >= 0.3 is 0 Å². The van der Waals surface area contributed by atoms with Gasteiger partial charge in [-0.15, -0.1) is 0 Å². The molecule has 0 spiro atoms. The number of aromatic nitrogens is 3. The number of carbonyl (C=O) groups excluding carboxylic acids is 1. The molecule has 2 heterocycles. The minimum absolute atomic E-state index is 0.239. The predicted molar refractivity (Wildman–Crippen MR) is 107 cm³/mol. The van der Waals surface area contributed by atoms with E-state index >= 15 is 0 Å². The van der Waals surface area contributed by atoms with Crippen molar-refractivity contribution < 1.29 is 9.53 Å². The summed E-state index contributed by atoms with van der Waals surface area (Å²) in [6.45, 7) is 1.84. The number of nitrogens with one attached hydrogen (secondary N) is 1. The number of pyridine rings is 1. The average molecular weight is 370 g/mol. The van der Waals surface area contributed by atoms with Gasteiger partial charge in [0.15, 0.2) is 5.82 Å². The number of hydrogen-bond donors (Lipinski definition) is 1. The van der Waals surface area contributed by atoms with Gasteiger partial charge in [-0.1, -0.05) is 30.3 Å². The molecule has 1 N–H and O–H groups in total. The fourth-order valence-corrected chi connectivity index (χ4v) is 2.80. The summed E-state index contributed by atoms with van der Waals surface area (Å²) in [6, 6.07) is 22.3. The third kappa shape index (κ3) is 3.76. The lowest BCUT2D eigenvalue weighted by molar-refractivity contribution is 0.102. The zero-order chi connectivity index (χ0) is 19.3. The molecule has 0 radical (unpaired) electrons. The number of para-hydroxylation sites is 1. The van der Waals surface area contributed by atoms with Crippen LogP contribution >= 0.6 is 0 Å². The number of carbonyl (C=O) groups is 1. The summed E-state index contributed by atoms with van der Waals surface area (Å²) in [7, 11) is 0. The molecule has 0 saturated heterocycles. The van der Waals surface area contributed by atoms with Crippen molar-refractivity contribution in [2.45, 2.75) is 6.92 Å². The molecule has 2 aromatic carbocycles. The Bertz CT molecular complexity index is 1090. The van der Waals surface area contributed by atoms with Crippen molar-refractivity contribution in [3.8, 4) is 17.3 Å². The lowest BCUT2D eigenvalue weighted by Crippen LogP contribution is -2.13. The molecule has 4 rings (SSSR count). The Morgan fingerprint density at radius 3 is 2.54 bits per heavy atom. The van der Waals surface area contributed by atoms with Crippen molar-refractivity contribution in [1.29, 1.82) is 0 Å². The van der Waals surface area contributed by atoms with Crippen LogP contribution in [0.25, 0.3) is 5.82 Å². The fourth-order valence-electron chi connectivity index (χ4n) is 2.80. The van der Waals surface area contributed by atoms with E-state index in [1.165, 1.54) is 0 Å². The van der Waals surface area contributed by atoms with Crippen LogP contribution in [-0.2, 0) is 0 Å². The van der Waals surface area contributed by atoms with Crippen LogP contribution in [0.3, 0.4) is 0 Å². The van der Waals surface area contributed by atoms with Gasteiger partial charge in [-0.05, 0) is 43.3 Å². The molecule has 6 heteroatoms. The first-order chi connectivity index (χ1) is 13.7. The highest BCUT2D eigenvalue weighted by molar-refractivity contribution is 6.05. The van der Waals surface area contributed by atoms with E-state index in [9.17, 15) is 4.79 Å². The van der Waals surface area contributed by atoms with Gasteiger partial charge in [0.25, 0.3) is 5.91 Å². The summed E-state index contributed by atoms with van der Waals surface area (Å²) in [6.07, 6.45) is 3.23. The van der Waals surface area contributed by atoms with Crippen molar-refractivity contribution in [3.63, 3.8) is 0 Å². The van der Waals surface area contributed by atoms with Crippen molar-refractivity contribution in [3.05, 3.63) is 96.4 Å². The Labute approximate surface area is 162 Å². The van der Waals surface area contributed by atoms with Crippen LogP contribution in [0.4, 0.5) is 5.69 Å². The number of amides is 1. The summed E-state index contributed by atoms with van der Waals surface area (Å²) < 4.78 is 7.46. The van der Waals surface area contributed by atoms with E-state index in [1.54, 1.807) is 23.1 Å². The molecule has 0 bridgehead atoms. The average Bonchev–Trinajstić information content (AvgIpc) is 3.11. The molecule has 138 valence electrons. The molecule has 0 aliphatic rings. The lowest BCUT2D eigenvalue weighted by atomic mass is 10.2. The largest absolute Gasteiger partial charge is 0.457 e. The first-order valence-electron chi connectivity index (χ1n) is 8.81. The molecule has 6 nitrogen and oxygen atoms in total. The molecular weight excluding hydrogens is 352 g/mol. The van der Waals surface area contributed by atoms with Gasteiger partial charge in [-0.25, -0.2) is 9.67 Å². The number of rotatable bonds is 5. The van der Waals surface area contributed by atoms with Crippen LogP contribution in [-0.4, -0.2) is 20.7 Å². The number of ether oxygens (including phenoxy) is 1. The maximum absolute atomic E-state index is 12.7. The van der Waals surface area contributed by atoms with E-state index in [-0.39, 0.29) is 5.91 Å². The first-order valence-corrected chi connectivity index (χ1v) is 8.81. The number of anilines is 1. The van der Waals surface area contributed by atoms with Crippen molar-refractivity contribution in [1.82, 2.24) is 14.8 Å². The highest BCUT2D eigenvalue weighted by atomic mass is 16.5. The summed E-state index contributed by atoms with van der Waals surface area (Å²) in [5.41, 5.74) is 1.84. The Hall–Kier alpha value is -3.93. The van der Waals surface area contributed by atoms with E-state index in [4.69, 9.17) is 4.74 Å².